The topological polar surface area (TPSA) is 53.5 Å². The van der Waals surface area contributed by atoms with Crippen molar-refractivity contribution >= 4 is 0 Å². The fourth-order valence-corrected chi connectivity index (χ4v) is 2.11. The second-order valence-electron chi connectivity index (χ2n) is 4.55. The van der Waals surface area contributed by atoms with Gasteiger partial charge in [0.25, 0.3) is 0 Å². The number of aryl methyl sites for hydroxylation is 1. The van der Waals surface area contributed by atoms with Gasteiger partial charge in [0.05, 0.1) is 7.11 Å². The van der Waals surface area contributed by atoms with Crippen molar-refractivity contribution in [2.24, 2.45) is 0 Å². The number of hydrogen-bond donors (Lipinski definition) is 0. The molecule has 0 fully saturated rings. The predicted octanol–water partition coefficient (Wildman–Crippen LogP) is 2.26. The largest absolute Gasteiger partial charge is 0.486 e. The summed E-state index contributed by atoms with van der Waals surface area (Å²) in [5.41, 5.74) is 0. The molecule has 5 heteroatoms. The first kappa shape index (κ1) is 12.7. The van der Waals surface area contributed by atoms with Crippen molar-refractivity contribution in [3.63, 3.8) is 0 Å². The van der Waals surface area contributed by atoms with Crippen LogP contribution >= 0.6 is 0 Å². The van der Waals surface area contributed by atoms with Crippen LogP contribution in [0.4, 0.5) is 0 Å². The number of fused-ring (bicyclic) bond motifs is 1. The van der Waals surface area contributed by atoms with Crippen LogP contribution in [-0.2, 0) is 6.42 Å². The molecule has 0 N–H and O–H groups in total. The molecule has 0 spiro atoms. The Morgan fingerprint density at radius 1 is 1.25 bits per heavy atom. The molecule has 20 heavy (non-hydrogen) atoms. The Bertz CT molecular complexity index is 589. The molecule has 0 amide bonds. The minimum absolute atomic E-state index is 0.0275. The van der Waals surface area contributed by atoms with Gasteiger partial charge in [0.1, 0.15) is 18.5 Å². The van der Waals surface area contributed by atoms with Crippen molar-refractivity contribution in [1.82, 2.24) is 9.97 Å². The maximum atomic E-state index is 5.90. The lowest BCUT2D eigenvalue weighted by atomic mass is 10.1. The maximum Gasteiger partial charge on any atom is 0.216 e. The predicted molar refractivity (Wildman–Crippen MR) is 73.3 cm³/mol. The second-order valence-corrected chi connectivity index (χ2v) is 4.55. The van der Waals surface area contributed by atoms with Crippen LogP contribution in [0.15, 0.2) is 36.5 Å². The lowest BCUT2D eigenvalue weighted by Crippen LogP contribution is -2.29. The third-order valence-corrected chi connectivity index (χ3v) is 3.15. The zero-order valence-corrected chi connectivity index (χ0v) is 11.3. The first-order valence-corrected chi connectivity index (χ1v) is 6.59. The number of para-hydroxylation sites is 2. The molecule has 1 aromatic carbocycles. The van der Waals surface area contributed by atoms with Crippen LogP contribution in [0.3, 0.4) is 0 Å². The third-order valence-electron chi connectivity index (χ3n) is 3.15. The summed E-state index contributed by atoms with van der Waals surface area (Å²) in [5, 5.41) is 0. The zero-order valence-electron chi connectivity index (χ0n) is 11.3. The van der Waals surface area contributed by atoms with Crippen molar-refractivity contribution in [3.05, 3.63) is 42.4 Å². The van der Waals surface area contributed by atoms with Gasteiger partial charge in [-0.15, -0.1) is 0 Å². The van der Waals surface area contributed by atoms with Crippen LogP contribution < -0.4 is 14.2 Å². The molecule has 0 saturated carbocycles. The van der Waals surface area contributed by atoms with Crippen molar-refractivity contribution < 1.29 is 14.2 Å². The summed E-state index contributed by atoms with van der Waals surface area (Å²) < 4.78 is 16.7. The molecule has 1 aliphatic heterocycles. The summed E-state index contributed by atoms with van der Waals surface area (Å²) in [6, 6.07) is 9.45. The highest BCUT2D eigenvalue weighted by Crippen LogP contribution is 2.31. The molecule has 2 aromatic rings. The molecular formula is C15H16N2O3. The average molecular weight is 272 g/mol. The Kier molecular flexibility index (Phi) is 3.67. The third kappa shape index (κ3) is 2.82. The number of benzene rings is 1. The standard InChI is InChI=1S/C15H16N2O3/c1-18-15-8-9-16-14(17-15)7-6-11-10-19-12-4-2-3-5-13(12)20-11/h2-5,8-9,11H,6-7,10H2,1H3/t11-/m0/s1. The number of hydrogen-bond acceptors (Lipinski definition) is 5. The molecule has 0 bridgehead atoms. The quantitative estimate of drug-likeness (QED) is 0.854. The van der Waals surface area contributed by atoms with Crippen LogP contribution in [0.2, 0.25) is 0 Å². The van der Waals surface area contributed by atoms with Gasteiger partial charge < -0.3 is 14.2 Å². The van der Waals surface area contributed by atoms with Gasteiger partial charge >= 0.3 is 0 Å². The van der Waals surface area contributed by atoms with E-state index in [1.807, 2.05) is 24.3 Å². The minimum atomic E-state index is 0.0275. The van der Waals surface area contributed by atoms with E-state index in [0.717, 1.165) is 30.2 Å². The van der Waals surface area contributed by atoms with Crippen molar-refractivity contribution in [1.29, 1.82) is 0 Å². The van der Waals surface area contributed by atoms with Gasteiger partial charge in [-0.25, -0.2) is 4.98 Å². The minimum Gasteiger partial charge on any atom is -0.486 e. The number of rotatable bonds is 4. The summed E-state index contributed by atoms with van der Waals surface area (Å²) in [4.78, 5) is 8.52. The molecule has 1 atom stereocenters. The first-order valence-electron chi connectivity index (χ1n) is 6.59. The van der Waals surface area contributed by atoms with E-state index in [9.17, 15) is 0 Å². The van der Waals surface area contributed by atoms with E-state index in [1.165, 1.54) is 0 Å². The molecule has 1 aliphatic rings. The molecule has 3 rings (SSSR count). The Labute approximate surface area is 117 Å². The molecule has 5 nitrogen and oxygen atoms in total. The highest BCUT2D eigenvalue weighted by molar-refractivity contribution is 5.40. The molecular weight excluding hydrogens is 256 g/mol. The van der Waals surface area contributed by atoms with Gasteiger partial charge in [-0.3, -0.25) is 0 Å². The summed E-state index contributed by atoms with van der Waals surface area (Å²) >= 11 is 0. The normalized spacial score (nSPS) is 16.8. The van der Waals surface area contributed by atoms with E-state index in [0.29, 0.717) is 12.5 Å². The zero-order chi connectivity index (χ0) is 13.8. The van der Waals surface area contributed by atoms with E-state index >= 15 is 0 Å². The van der Waals surface area contributed by atoms with E-state index in [-0.39, 0.29) is 6.10 Å². The van der Waals surface area contributed by atoms with E-state index in [4.69, 9.17) is 14.2 Å². The molecule has 0 saturated heterocycles. The Balaban J connectivity index is 1.60. The molecule has 2 heterocycles. The number of methoxy groups -OCH3 is 1. The molecule has 0 radical (unpaired) electrons. The lowest BCUT2D eigenvalue weighted by Gasteiger charge is -2.26. The van der Waals surface area contributed by atoms with Gasteiger partial charge in [0.15, 0.2) is 11.5 Å². The maximum absolute atomic E-state index is 5.90. The van der Waals surface area contributed by atoms with Gasteiger partial charge in [-0.1, -0.05) is 12.1 Å². The second kappa shape index (κ2) is 5.77. The highest BCUT2D eigenvalue weighted by atomic mass is 16.6. The van der Waals surface area contributed by atoms with Crippen LogP contribution in [0.5, 0.6) is 17.4 Å². The van der Waals surface area contributed by atoms with Crippen LogP contribution in [-0.4, -0.2) is 29.8 Å². The number of ether oxygens (including phenoxy) is 3. The Hall–Kier alpha value is -2.30. The first-order chi connectivity index (χ1) is 9.85. The van der Waals surface area contributed by atoms with E-state index in [2.05, 4.69) is 9.97 Å². The van der Waals surface area contributed by atoms with Crippen molar-refractivity contribution in [2.75, 3.05) is 13.7 Å². The molecule has 0 aliphatic carbocycles. The van der Waals surface area contributed by atoms with Gasteiger partial charge in [0.2, 0.25) is 5.88 Å². The van der Waals surface area contributed by atoms with Crippen molar-refractivity contribution in [3.8, 4) is 17.4 Å². The van der Waals surface area contributed by atoms with Crippen molar-refractivity contribution in [2.45, 2.75) is 18.9 Å². The van der Waals surface area contributed by atoms with Crippen LogP contribution in [0.25, 0.3) is 0 Å². The Morgan fingerprint density at radius 2 is 2.10 bits per heavy atom. The van der Waals surface area contributed by atoms with Gasteiger partial charge in [-0.05, 0) is 18.6 Å². The summed E-state index contributed by atoms with van der Waals surface area (Å²) in [6.07, 6.45) is 3.27. The van der Waals surface area contributed by atoms with E-state index in [1.54, 1.807) is 19.4 Å². The van der Waals surface area contributed by atoms with Gasteiger partial charge in [0, 0.05) is 18.7 Å². The highest BCUT2D eigenvalue weighted by Gasteiger charge is 2.20. The number of nitrogens with zero attached hydrogens (tertiary/aromatic N) is 2. The average Bonchev–Trinajstić information content (AvgIpc) is 2.53. The summed E-state index contributed by atoms with van der Waals surface area (Å²) in [5.74, 6) is 2.95. The molecule has 0 unspecified atom stereocenters. The lowest BCUT2D eigenvalue weighted by molar-refractivity contribution is 0.0847. The smallest absolute Gasteiger partial charge is 0.216 e. The summed E-state index contributed by atoms with van der Waals surface area (Å²) in [7, 11) is 1.60. The Morgan fingerprint density at radius 3 is 2.95 bits per heavy atom. The van der Waals surface area contributed by atoms with E-state index < -0.39 is 0 Å². The molecule has 104 valence electrons. The van der Waals surface area contributed by atoms with Crippen LogP contribution in [0, 0.1) is 0 Å². The monoisotopic (exact) mass is 272 g/mol. The SMILES string of the molecule is COc1ccnc(CC[C@H]2COc3ccccc3O2)n1. The number of aromatic nitrogens is 2. The fourth-order valence-electron chi connectivity index (χ4n) is 2.11. The summed E-state index contributed by atoms with van der Waals surface area (Å²) in [6.45, 7) is 0.557. The van der Waals surface area contributed by atoms with Crippen LogP contribution in [0.1, 0.15) is 12.2 Å². The fraction of sp³-hybridized carbons (Fsp3) is 0.333. The van der Waals surface area contributed by atoms with Gasteiger partial charge in [-0.2, -0.15) is 4.98 Å². The molecule has 1 aromatic heterocycles.